The summed E-state index contributed by atoms with van der Waals surface area (Å²) in [5.74, 6) is 1.24. The highest BCUT2D eigenvalue weighted by Crippen LogP contribution is 2.15. The van der Waals surface area contributed by atoms with Crippen molar-refractivity contribution in [2.75, 3.05) is 0 Å². The molecule has 0 amide bonds. The van der Waals surface area contributed by atoms with Gasteiger partial charge in [0, 0.05) is 11.3 Å². The molecule has 0 spiro atoms. The zero-order valence-electron chi connectivity index (χ0n) is 8.51. The third-order valence-electron chi connectivity index (χ3n) is 2.15. The lowest BCUT2D eigenvalue weighted by molar-refractivity contribution is 0.349. The number of rotatable bonds is 4. The summed E-state index contributed by atoms with van der Waals surface area (Å²) >= 11 is 1.69. The Hall–Kier alpha value is -1.20. The van der Waals surface area contributed by atoms with Gasteiger partial charge in [-0.3, -0.25) is 0 Å². The molecule has 0 aromatic carbocycles. The van der Waals surface area contributed by atoms with E-state index in [-0.39, 0.29) is 6.04 Å². The molecule has 0 radical (unpaired) electrons. The Kier molecular flexibility index (Phi) is 3.13. The van der Waals surface area contributed by atoms with Crippen molar-refractivity contribution in [3.63, 3.8) is 0 Å². The monoisotopic (exact) mass is 223 g/mol. The molecule has 80 valence electrons. The van der Waals surface area contributed by atoms with Crippen molar-refractivity contribution >= 4 is 11.3 Å². The summed E-state index contributed by atoms with van der Waals surface area (Å²) in [5.41, 5.74) is 5.79. The Balaban J connectivity index is 2.07. The first-order valence-corrected chi connectivity index (χ1v) is 5.78. The highest BCUT2D eigenvalue weighted by Gasteiger charge is 2.12. The maximum Gasteiger partial charge on any atom is 0.243 e. The van der Waals surface area contributed by atoms with E-state index < -0.39 is 0 Å². The lowest BCUT2D eigenvalue weighted by atomic mass is 10.2. The first kappa shape index (κ1) is 10.3. The summed E-state index contributed by atoms with van der Waals surface area (Å²) in [6, 6.07) is 3.92. The number of nitrogens with zero attached hydrogens (tertiary/aromatic N) is 2. The molecule has 2 heterocycles. The van der Waals surface area contributed by atoms with Crippen LogP contribution in [-0.2, 0) is 6.42 Å². The normalized spacial score (nSPS) is 12.9. The quantitative estimate of drug-likeness (QED) is 0.862. The SMILES string of the molecule is CC[C@H](N)c1nc(Cc2cccs2)no1. The molecule has 0 saturated heterocycles. The van der Waals surface area contributed by atoms with Gasteiger partial charge in [-0.25, -0.2) is 0 Å². The summed E-state index contributed by atoms with van der Waals surface area (Å²) in [7, 11) is 0. The van der Waals surface area contributed by atoms with Gasteiger partial charge in [0.2, 0.25) is 5.89 Å². The second-order valence-corrected chi connectivity index (χ2v) is 4.35. The fraction of sp³-hybridized carbons (Fsp3) is 0.400. The summed E-state index contributed by atoms with van der Waals surface area (Å²) in [6.07, 6.45) is 1.53. The maximum absolute atomic E-state index is 5.79. The van der Waals surface area contributed by atoms with Crippen LogP contribution in [0.5, 0.6) is 0 Å². The zero-order valence-corrected chi connectivity index (χ0v) is 9.33. The average Bonchev–Trinajstić information content (AvgIpc) is 2.88. The lowest BCUT2D eigenvalue weighted by Gasteiger charge is -1.98. The Labute approximate surface area is 92.1 Å². The molecule has 2 N–H and O–H groups in total. The number of hydrogen-bond acceptors (Lipinski definition) is 5. The number of nitrogens with two attached hydrogens (primary N) is 1. The van der Waals surface area contributed by atoms with E-state index in [1.54, 1.807) is 11.3 Å². The zero-order chi connectivity index (χ0) is 10.7. The minimum atomic E-state index is -0.144. The van der Waals surface area contributed by atoms with Crippen LogP contribution in [0.3, 0.4) is 0 Å². The van der Waals surface area contributed by atoms with Crippen molar-refractivity contribution in [3.8, 4) is 0 Å². The molecule has 2 aromatic heterocycles. The average molecular weight is 223 g/mol. The Morgan fingerprint density at radius 2 is 2.47 bits per heavy atom. The van der Waals surface area contributed by atoms with Gasteiger partial charge in [-0.05, 0) is 17.9 Å². The van der Waals surface area contributed by atoms with E-state index in [1.807, 2.05) is 18.4 Å². The van der Waals surface area contributed by atoms with Gasteiger partial charge in [0.25, 0.3) is 0 Å². The van der Waals surface area contributed by atoms with Gasteiger partial charge in [-0.2, -0.15) is 4.98 Å². The highest BCUT2D eigenvalue weighted by atomic mass is 32.1. The molecule has 0 aliphatic heterocycles. The highest BCUT2D eigenvalue weighted by molar-refractivity contribution is 7.09. The maximum atomic E-state index is 5.79. The number of thiophene rings is 1. The van der Waals surface area contributed by atoms with Crippen LogP contribution >= 0.6 is 11.3 Å². The minimum Gasteiger partial charge on any atom is -0.338 e. The second-order valence-electron chi connectivity index (χ2n) is 3.32. The van der Waals surface area contributed by atoms with Crippen LogP contribution in [0, 0.1) is 0 Å². The summed E-state index contributed by atoms with van der Waals surface area (Å²) in [5, 5.41) is 5.94. The van der Waals surface area contributed by atoms with Crippen LogP contribution in [-0.4, -0.2) is 10.1 Å². The van der Waals surface area contributed by atoms with E-state index in [1.165, 1.54) is 4.88 Å². The first-order chi connectivity index (χ1) is 7.29. The van der Waals surface area contributed by atoms with E-state index in [0.29, 0.717) is 11.7 Å². The summed E-state index contributed by atoms with van der Waals surface area (Å²) in [6.45, 7) is 1.99. The Morgan fingerprint density at radius 1 is 1.60 bits per heavy atom. The molecule has 0 aliphatic rings. The van der Waals surface area contributed by atoms with Crippen LogP contribution in [0.2, 0.25) is 0 Å². The first-order valence-electron chi connectivity index (χ1n) is 4.90. The predicted octanol–water partition coefficient (Wildman–Crippen LogP) is 2.13. The molecule has 0 saturated carbocycles. The topological polar surface area (TPSA) is 64.9 Å². The summed E-state index contributed by atoms with van der Waals surface area (Å²) in [4.78, 5) is 5.49. The van der Waals surface area contributed by atoms with Crippen molar-refractivity contribution < 1.29 is 4.52 Å². The fourth-order valence-electron chi connectivity index (χ4n) is 1.23. The van der Waals surface area contributed by atoms with Gasteiger partial charge in [-0.1, -0.05) is 18.1 Å². The van der Waals surface area contributed by atoms with E-state index in [2.05, 4.69) is 16.2 Å². The molecular weight excluding hydrogens is 210 g/mol. The fourth-order valence-corrected chi connectivity index (χ4v) is 1.94. The summed E-state index contributed by atoms with van der Waals surface area (Å²) < 4.78 is 5.08. The molecule has 0 aliphatic carbocycles. The van der Waals surface area contributed by atoms with Crippen molar-refractivity contribution in [2.45, 2.75) is 25.8 Å². The van der Waals surface area contributed by atoms with Crippen LogP contribution in [0.25, 0.3) is 0 Å². The van der Waals surface area contributed by atoms with E-state index >= 15 is 0 Å². The van der Waals surface area contributed by atoms with Gasteiger partial charge in [0.1, 0.15) is 0 Å². The van der Waals surface area contributed by atoms with Crippen molar-refractivity contribution in [1.82, 2.24) is 10.1 Å². The van der Waals surface area contributed by atoms with Gasteiger partial charge < -0.3 is 10.3 Å². The molecular formula is C10H13N3OS. The van der Waals surface area contributed by atoms with Gasteiger partial charge in [0.05, 0.1) is 6.04 Å². The van der Waals surface area contributed by atoms with Crippen molar-refractivity contribution in [1.29, 1.82) is 0 Å². The third kappa shape index (κ3) is 2.43. The Morgan fingerprint density at radius 3 is 3.13 bits per heavy atom. The van der Waals surface area contributed by atoms with Gasteiger partial charge in [0.15, 0.2) is 5.82 Å². The third-order valence-corrected chi connectivity index (χ3v) is 3.03. The van der Waals surface area contributed by atoms with Crippen LogP contribution in [0.1, 0.15) is 36.0 Å². The van der Waals surface area contributed by atoms with Crippen molar-refractivity contribution in [3.05, 3.63) is 34.1 Å². The van der Waals surface area contributed by atoms with Crippen LogP contribution in [0.4, 0.5) is 0 Å². The van der Waals surface area contributed by atoms with E-state index in [9.17, 15) is 0 Å². The molecule has 0 fully saturated rings. The lowest BCUT2D eigenvalue weighted by Crippen LogP contribution is -2.08. The van der Waals surface area contributed by atoms with Crippen molar-refractivity contribution in [2.24, 2.45) is 5.73 Å². The Bertz CT molecular complexity index is 410. The second kappa shape index (κ2) is 4.55. The molecule has 1 atom stereocenters. The molecule has 0 bridgehead atoms. The molecule has 2 rings (SSSR count). The minimum absolute atomic E-state index is 0.144. The van der Waals surface area contributed by atoms with E-state index in [0.717, 1.165) is 12.8 Å². The smallest absolute Gasteiger partial charge is 0.243 e. The molecule has 15 heavy (non-hydrogen) atoms. The number of aromatic nitrogens is 2. The standard InChI is InChI=1S/C10H13N3OS/c1-2-8(11)10-12-9(13-14-10)6-7-4-3-5-15-7/h3-5,8H,2,6,11H2,1H3/t8-/m0/s1. The van der Waals surface area contributed by atoms with Gasteiger partial charge in [-0.15, -0.1) is 11.3 Å². The van der Waals surface area contributed by atoms with Gasteiger partial charge >= 0.3 is 0 Å². The van der Waals surface area contributed by atoms with Crippen LogP contribution in [0.15, 0.2) is 22.0 Å². The van der Waals surface area contributed by atoms with E-state index in [4.69, 9.17) is 10.3 Å². The molecule has 4 nitrogen and oxygen atoms in total. The molecule has 5 heteroatoms. The predicted molar refractivity (Wildman–Crippen MR) is 58.6 cm³/mol. The largest absolute Gasteiger partial charge is 0.338 e. The van der Waals surface area contributed by atoms with Crippen LogP contribution < -0.4 is 5.73 Å². The molecule has 0 unspecified atom stereocenters. The number of hydrogen-bond donors (Lipinski definition) is 1. The molecule has 2 aromatic rings.